The van der Waals surface area contributed by atoms with E-state index in [2.05, 4.69) is 11.6 Å². The summed E-state index contributed by atoms with van der Waals surface area (Å²) < 4.78 is 27.4. The van der Waals surface area contributed by atoms with E-state index in [9.17, 15) is 8.42 Å². The van der Waals surface area contributed by atoms with Gasteiger partial charge in [0, 0.05) is 24.4 Å². The summed E-state index contributed by atoms with van der Waals surface area (Å²) in [5, 5.41) is 8.85. The monoisotopic (exact) mass is 303 g/mol. The van der Waals surface area contributed by atoms with E-state index in [0.717, 1.165) is 17.7 Å². The molecule has 19 heavy (non-hydrogen) atoms. The van der Waals surface area contributed by atoms with Gasteiger partial charge in [-0.2, -0.15) is 0 Å². The number of thiophene rings is 1. The van der Waals surface area contributed by atoms with Gasteiger partial charge in [0.05, 0.1) is 0 Å². The van der Waals surface area contributed by atoms with Gasteiger partial charge in [0.1, 0.15) is 4.21 Å². The largest absolute Gasteiger partial charge is 0.396 e. The van der Waals surface area contributed by atoms with Crippen LogP contribution in [0.5, 0.6) is 0 Å². The minimum Gasteiger partial charge on any atom is -0.396 e. The Bertz CT molecular complexity index is 516. The Morgan fingerprint density at radius 2 is 2.05 bits per heavy atom. The molecule has 0 aromatic carbocycles. The Kier molecular flexibility index (Phi) is 4.66. The quantitative estimate of drug-likeness (QED) is 0.846. The maximum atomic E-state index is 12.2. The number of rotatable bonds is 6. The van der Waals surface area contributed by atoms with Crippen LogP contribution in [0.25, 0.3) is 0 Å². The van der Waals surface area contributed by atoms with Crippen molar-refractivity contribution in [2.45, 2.75) is 43.2 Å². The highest BCUT2D eigenvalue weighted by Gasteiger charge is 2.30. The number of nitrogens with one attached hydrogen (secondary N) is 1. The minimum absolute atomic E-state index is 0.0471. The van der Waals surface area contributed by atoms with Gasteiger partial charge < -0.3 is 5.11 Å². The van der Waals surface area contributed by atoms with Crippen molar-refractivity contribution in [3.63, 3.8) is 0 Å². The first kappa shape index (κ1) is 15.0. The Morgan fingerprint density at radius 1 is 1.37 bits per heavy atom. The van der Waals surface area contributed by atoms with Crippen molar-refractivity contribution in [3.05, 3.63) is 17.0 Å². The van der Waals surface area contributed by atoms with Crippen LogP contribution < -0.4 is 4.72 Å². The molecule has 1 heterocycles. The van der Waals surface area contributed by atoms with Crippen LogP contribution in [0.2, 0.25) is 0 Å². The van der Waals surface area contributed by atoms with E-state index in [4.69, 9.17) is 5.11 Å². The third-order valence-corrected chi connectivity index (χ3v) is 6.80. The maximum absolute atomic E-state index is 12.2. The molecule has 0 unspecified atom stereocenters. The predicted molar refractivity (Wildman–Crippen MR) is 76.9 cm³/mol. The highest BCUT2D eigenvalue weighted by atomic mass is 32.2. The zero-order chi connectivity index (χ0) is 13.9. The zero-order valence-corrected chi connectivity index (χ0v) is 12.8. The molecule has 1 saturated carbocycles. The highest BCUT2D eigenvalue weighted by Crippen LogP contribution is 2.37. The van der Waals surface area contributed by atoms with Gasteiger partial charge in [-0.05, 0) is 30.4 Å². The molecule has 0 atom stereocenters. The molecule has 1 fully saturated rings. The van der Waals surface area contributed by atoms with Gasteiger partial charge in [0.15, 0.2) is 0 Å². The molecule has 0 saturated heterocycles. The van der Waals surface area contributed by atoms with Gasteiger partial charge in [-0.1, -0.05) is 19.8 Å². The molecule has 6 heteroatoms. The number of hydrogen-bond donors (Lipinski definition) is 2. The van der Waals surface area contributed by atoms with Gasteiger partial charge in [-0.3, -0.25) is 0 Å². The van der Waals surface area contributed by atoms with Crippen LogP contribution in [0.4, 0.5) is 0 Å². The van der Waals surface area contributed by atoms with Crippen molar-refractivity contribution in [1.29, 1.82) is 0 Å². The molecular formula is C13H21NO3S2. The van der Waals surface area contributed by atoms with Crippen LogP contribution in [0.3, 0.4) is 0 Å². The van der Waals surface area contributed by atoms with Gasteiger partial charge in [-0.25, -0.2) is 13.1 Å². The van der Waals surface area contributed by atoms with Crippen molar-refractivity contribution >= 4 is 21.4 Å². The molecule has 1 aliphatic carbocycles. The normalized spacial score (nSPS) is 18.8. The first-order valence-electron chi connectivity index (χ1n) is 6.64. The fraction of sp³-hybridized carbons (Fsp3) is 0.692. The fourth-order valence-corrected chi connectivity index (χ4v) is 5.08. The van der Waals surface area contributed by atoms with E-state index in [1.54, 1.807) is 12.1 Å². The van der Waals surface area contributed by atoms with E-state index in [0.29, 0.717) is 17.2 Å². The average Bonchev–Trinajstić information content (AvgIpc) is 2.98. The molecule has 0 aliphatic heterocycles. The summed E-state index contributed by atoms with van der Waals surface area (Å²) in [5.41, 5.74) is 0.109. The summed E-state index contributed by atoms with van der Waals surface area (Å²) in [7, 11) is -3.40. The lowest BCUT2D eigenvalue weighted by Crippen LogP contribution is -2.33. The number of sulfonamides is 1. The van der Waals surface area contributed by atoms with Gasteiger partial charge in [-0.15, -0.1) is 11.3 Å². The third-order valence-electron chi connectivity index (χ3n) is 3.76. The van der Waals surface area contributed by atoms with Gasteiger partial charge >= 0.3 is 0 Å². The summed E-state index contributed by atoms with van der Waals surface area (Å²) in [6, 6.07) is 3.39. The van der Waals surface area contributed by atoms with Gasteiger partial charge in [0.2, 0.25) is 10.0 Å². The van der Waals surface area contributed by atoms with E-state index < -0.39 is 10.0 Å². The Labute approximate surface area is 118 Å². The second-order valence-electron chi connectivity index (χ2n) is 5.54. The lowest BCUT2D eigenvalue weighted by atomic mass is 9.89. The number of aliphatic hydroxyl groups excluding tert-OH is 1. The van der Waals surface area contributed by atoms with Crippen LogP contribution >= 0.6 is 11.3 Å². The standard InChI is InChI=1S/C13H21NO3S2/c1-13(7-2-3-8-13)10-14-19(16,17)12-5-4-11(18-12)6-9-15/h4-5,14-15H,2-3,6-10H2,1H3. The Balaban J connectivity index is 2.01. The molecule has 0 spiro atoms. The molecule has 1 aromatic rings. The summed E-state index contributed by atoms with van der Waals surface area (Å²) >= 11 is 1.24. The molecule has 108 valence electrons. The van der Waals surface area contributed by atoms with Crippen LogP contribution in [0.15, 0.2) is 16.3 Å². The summed E-state index contributed by atoms with van der Waals surface area (Å²) in [4.78, 5) is 0.898. The van der Waals surface area contributed by atoms with Gasteiger partial charge in [0.25, 0.3) is 0 Å². The van der Waals surface area contributed by atoms with Crippen molar-refractivity contribution in [1.82, 2.24) is 4.72 Å². The smallest absolute Gasteiger partial charge is 0.250 e. The van der Waals surface area contributed by atoms with Crippen molar-refractivity contribution < 1.29 is 13.5 Å². The lowest BCUT2D eigenvalue weighted by Gasteiger charge is -2.23. The van der Waals surface area contributed by atoms with Crippen LogP contribution in [-0.4, -0.2) is 26.7 Å². The average molecular weight is 303 g/mol. The molecule has 0 bridgehead atoms. The number of aliphatic hydroxyl groups is 1. The maximum Gasteiger partial charge on any atom is 0.250 e. The third kappa shape index (κ3) is 3.78. The molecular weight excluding hydrogens is 282 g/mol. The Hall–Kier alpha value is -0.430. The molecule has 1 aromatic heterocycles. The van der Waals surface area contributed by atoms with Crippen LogP contribution in [-0.2, 0) is 16.4 Å². The molecule has 2 rings (SSSR count). The SMILES string of the molecule is CC1(CNS(=O)(=O)c2ccc(CCO)s2)CCCC1. The molecule has 4 nitrogen and oxygen atoms in total. The molecule has 1 aliphatic rings. The first-order valence-corrected chi connectivity index (χ1v) is 8.94. The second-order valence-corrected chi connectivity index (χ2v) is 8.70. The van der Waals surface area contributed by atoms with E-state index in [1.807, 2.05) is 0 Å². The minimum atomic E-state index is -3.40. The van der Waals surface area contributed by atoms with Crippen molar-refractivity contribution in [2.75, 3.05) is 13.2 Å². The second kappa shape index (κ2) is 5.91. The highest BCUT2D eigenvalue weighted by molar-refractivity contribution is 7.91. The van der Waals surface area contributed by atoms with E-state index in [1.165, 1.54) is 24.2 Å². The summed E-state index contributed by atoms with van der Waals surface area (Å²) in [6.07, 6.45) is 5.08. The summed E-state index contributed by atoms with van der Waals surface area (Å²) in [6.45, 7) is 2.71. The van der Waals surface area contributed by atoms with E-state index >= 15 is 0 Å². The summed E-state index contributed by atoms with van der Waals surface area (Å²) in [5.74, 6) is 0. The predicted octanol–water partition coefficient (Wildman–Crippen LogP) is 2.14. The van der Waals surface area contributed by atoms with Crippen LogP contribution in [0.1, 0.15) is 37.5 Å². The first-order chi connectivity index (χ1) is 8.95. The molecule has 0 amide bonds. The van der Waals surface area contributed by atoms with Crippen LogP contribution in [0, 0.1) is 5.41 Å². The number of hydrogen-bond acceptors (Lipinski definition) is 4. The topological polar surface area (TPSA) is 66.4 Å². The lowest BCUT2D eigenvalue weighted by molar-refractivity contribution is 0.300. The zero-order valence-electron chi connectivity index (χ0n) is 11.2. The van der Waals surface area contributed by atoms with Crippen molar-refractivity contribution in [3.8, 4) is 0 Å². The Morgan fingerprint density at radius 3 is 2.68 bits per heavy atom. The fourth-order valence-electron chi connectivity index (χ4n) is 2.49. The molecule has 2 N–H and O–H groups in total. The molecule has 0 radical (unpaired) electrons. The van der Waals surface area contributed by atoms with E-state index in [-0.39, 0.29) is 12.0 Å². The van der Waals surface area contributed by atoms with Crippen molar-refractivity contribution in [2.24, 2.45) is 5.41 Å².